The fraction of sp³-hybridized carbons (Fsp3) is 0. The van der Waals surface area contributed by atoms with Crippen LogP contribution in [0.3, 0.4) is 0 Å². The lowest BCUT2D eigenvalue weighted by atomic mass is 9.99. The molecule has 0 N–H and O–H groups in total. The topological polar surface area (TPSA) is 67.3 Å². The molecule has 7 nitrogen and oxygen atoms in total. The third-order valence-corrected chi connectivity index (χ3v) is 15.0. The highest BCUT2D eigenvalue weighted by molar-refractivity contribution is 7.99. The average Bonchev–Trinajstić information content (AvgIpc) is 3.59. The SMILES string of the molecule is c1ccc(-c2cc(-c3ccc(-c4cccc5c4Oc4ccccc4N5c4cccc(-c5nc(-c6ccccc6)cc(-c6ccccc6)n5)c4)cc3)nc(-c3cccc(N4c5ccccc5Sc5ccccc54)c3)n2)cc1. The van der Waals surface area contributed by atoms with Gasteiger partial charge in [0.1, 0.15) is 0 Å². The van der Waals surface area contributed by atoms with Crippen LogP contribution in [0.1, 0.15) is 0 Å². The normalized spacial score (nSPS) is 12.2. The quantitative estimate of drug-likeness (QED) is 0.142. The Morgan fingerprint density at radius 2 is 0.671 bits per heavy atom. The van der Waals surface area contributed by atoms with E-state index in [9.17, 15) is 0 Å². The number of rotatable bonds is 9. The number of fused-ring (bicyclic) bond motifs is 4. The molecule has 10 aromatic carbocycles. The molecular formula is C68H44N6OS. The van der Waals surface area contributed by atoms with E-state index in [1.54, 1.807) is 11.8 Å². The maximum atomic E-state index is 6.90. The van der Waals surface area contributed by atoms with Crippen LogP contribution in [-0.4, -0.2) is 19.9 Å². The molecule has 2 aliphatic heterocycles. The number of ether oxygens (including phenoxy) is 1. The van der Waals surface area contributed by atoms with Crippen molar-refractivity contribution < 1.29 is 4.74 Å². The maximum absolute atomic E-state index is 6.90. The molecule has 0 aliphatic carbocycles. The first kappa shape index (κ1) is 44.8. The van der Waals surface area contributed by atoms with Gasteiger partial charge in [0.15, 0.2) is 23.1 Å². The lowest BCUT2D eigenvalue weighted by molar-refractivity contribution is 0.479. The van der Waals surface area contributed by atoms with Crippen LogP contribution in [0.15, 0.2) is 277 Å². The maximum Gasteiger partial charge on any atom is 0.160 e. The predicted octanol–water partition coefficient (Wildman–Crippen LogP) is 18.4. The Labute approximate surface area is 445 Å². The van der Waals surface area contributed by atoms with E-state index in [2.05, 4.69) is 222 Å². The van der Waals surface area contributed by atoms with Crippen LogP contribution in [0.4, 0.5) is 34.1 Å². The highest BCUT2D eigenvalue weighted by Gasteiger charge is 2.29. The predicted molar refractivity (Wildman–Crippen MR) is 309 cm³/mol. The Hall–Kier alpha value is -9.89. The Balaban J connectivity index is 0.830. The largest absolute Gasteiger partial charge is 0.452 e. The summed E-state index contributed by atoms with van der Waals surface area (Å²) in [6.07, 6.45) is 0. The van der Waals surface area contributed by atoms with E-state index in [4.69, 9.17) is 24.7 Å². The number of anilines is 6. The Morgan fingerprint density at radius 3 is 1.18 bits per heavy atom. The second-order valence-electron chi connectivity index (χ2n) is 18.6. The first-order chi connectivity index (χ1) is 37.6. The van der Waals surface area contributed by atoms with E-state index in [-0.39, 0.29) is 0 Å². The fourth-order valence-electron chi connectivity index (χ4n) is 10.2. The monoisotopic (exact) mass is 992 g/mol. The molecule has 14 rings (SSSR count). The summed E-state index contributed by atoms with van der Waals surface area (Å²) in [7, 11) is 0. The van der Waals surface area contributed by atoms with Crippen molar-refractivity contribution in [1.29, 1.82) is 0 Å². The van der Waals surface area contributed by atoms with Crippen molar-refractivity contribution in [3.05, 3.63) is 267 Å². The molecule has 12 aromatic rings. The molecule has 0 radical (unpaired) electrons. The van der Waals surface area contributed by atoms with E-state index < -0.39 is 0 Å². The molecule has 2 aliphatic rings. The second kappa shape index (κ2) is 19.2. The van der Waals surface area contributed by atoms with Gasteiger partial charge in [-0.05, 0) is 84.4 Å². The lowest BCUT2D eigenvalue weighted by Crippen LogP contribution is -2.16. The van der Waals surface area contributed by atoms with Crippen LogP contribution in [0.2, 0.25) is 0 Å². The molecule has 0 bridgehead atoms. The summed E-state index contributed by atoms with van der Waals surface area (Å²) in [6, 6.07) is 92.5. The molecule has 0 saturated carbocycles. The van der Waals surface area contributed by atoms with Gasteiger partial charge in [0.05, 0.1) is 45.5 Å². The van der Waals surface area contributed by atoms with Crippen molar-refractivity contribution in [1.82, 2.24) is 19.9 Å². The molecule has 4 heterocycles. The Kier molecular flexibility index (Phi) is 11.3. The van der Waals surface area contributed by atoms with Gasteiger partial charge in [-0.25, -0.2) is 19.9 Å². The highest BCUT2D eigenvalue weighted by atomic mass is 32.2. The van der Waals surface area contributed by atoms with E-state index in [1.165, 1.54) is 9.79 Å². The average molecular weight is 993 g/mol. The number of hydrogen-bond acceptors (Lipinski definition) is 8. The zero-order valence-corrected chi connectivity index (χ0v) is 41.7. The number of para-hydroxylation sites is 5. The molecule has 0 atom stereocenters. The van der Waals surface area contributed by atoms with Crippen molar-refractivity contribution in [3.8, 4) is 90.4 Å². The number of benzene rings is 10. The molecule has 0 saturated heterocycles. The molecule has 2 aromatic heterocycles. The summed E-state index contributed by atoms with van der Waals surface area (Å²) in [5.74, 6) is 2.82. The first-order valence-corrected chi connectivity index (χ1v) is 26.1. The molecule has 76 heavy (non-hydrogen) atoms. The van der Waals surface area contributed by atoms with Crippen molar-refractivity contribution >= 4 is 45.9 Å². The van der Waals surface area contributed by atoms with Gasteiger partial charge < -0.3 is 14.5 Å². The van der Waals surface area contributed by atoms with Gasteiger partial charge in [-0.1, -0.05) is 200 Å². The van der Waals surface area contributed by atoms with Gasteiger partial charge in [0.25, 0.3) is 0 Å². The third kappa shape index (κ3) is 8.33. The van der Waals surface area contributed by atoms with Crippen LogP contribution >= 0.6 is 11.8 Å². The summed E-state index contributed by atoms with van der Waals surface area (Å²) in [4.78, 5) is 27.9. The van der Waals surface area contributed by atoms with Crippen LogP contribution in [0, 0.1) is 0 Å². The van der Waals surface area contributed by atoms with Crippen molar-refractivity contribution in [2.24, 2.45) is 0 Å². The molecule has 0 unspecified atom stereocenters. The Bertz CT molecular complexity index is 4030. The van der Waals surface area contributed by atoms with E-state index in [0.29, 0.717) is 11.6 Å². The van der Waals surface area contributed by atoms with Gasteiger partial charge >= 0.3 is 0 Å². The van der Waals surface area contributed by atoms with E-state index in [0.717, 1.165) is 113 Å². The van der Waals surface area contributed by atoms with Gasteiger partial charge in [-0.3, -0.25) is 0 Å². The van der Waals surface area contributed by atoms with Crippen LogP contribution < -0.4 is 14.5 Å². The van der Waals surface area contributed by atoms with Crippen LogP contribution in [0.5, 0.6) is 11.5 Å². The third-order valence-electron chi connectivity index (χ3n) is 13.9. The van der Waals surface area contributed by atoms with Gasteiger partial charge in [0, 0.05) is 60.1 Å². The summed E-state index contributed by atoms with van der Waals surface area (Å²) in [6.45, 7) is 0. The van der Waals surface area contributed by atoms with E-state index in [1.807, 2.05) is 54.6 Å². The summed E-state index contributed by atoms with van der Waals surface area (Å²) in [5, 5.41) is 0. The second-order valence-corrected chi connectivity index (χ2v) is 19.7. The first-order valence-electron chi connectivity index (χ1n) is 25.3. The standard InChI is InChI=1S/C68H44N6OS/c1-4-19-46(20-5-1)55-43-56(47-21-6-2-7-22-47)70-67(69-55)50-25-16-27-52(41-50)73-59-30-10-13-34-63(59)75-66-54(29-18-33-62(66)73)45-37-39-49(40-38-45)58-44-57(48-23-8-3-9-24-48)71-68(72-58)51-26-17-28-53(42-51)74-60-31-11-14-35-64(60)76-65-36-15-12-32-61(65)74/h1-44H. The number of nitrogens with zero attached hydrogens (tertiary/aromatic N) is 6. The minimum Gasteiger partial charge on any atom is -0.452 e. The van der Waals surface area contributed by atoms with Crippen LogP contribution in [0.25, 0.3) is 78.9 Å². The zero-order chi connectivity index (χ0) is 50.4. The number of hydrogen-bond donors (Lipinski definition) is 0. The summed E-state index contributed by atoms with van der Waals surface area (Å²) < 4.78 is 6.90. The van der Waals surface area contributed by atoms with Crippen molar-refractivity contribution in [3.63, 3.8) is 0 Å². The molecular weight excluding hydrogens is 949 g/mol. The van der Waals surface area contributed by atoms with Gasteiger partial charge in [-0.15, -0.1) is 0 Å². The highest BCUT2D eigenvalue weighted by Crippen LogP contribution is 2.55. The summed E-state index contributed by atoms with van der Waals surface area (Å²) in [5.41, 5.74) is 17.4. The summed E-state index contributed by atoms with van der Waals surface area (Å²) >= 11 is 1.80. The molecule has 0 fully saturated rings. The minimum atomic E-state index is 0.645. The Morgan fingerprint density at radius 1 is 0.289 bits per heavy atom. The van der Waals surface area contributed by atoms with Crippen molar-refractivity contribution in [2.75, 3.05) is 9.80 Å². The fourth-order valence-corrected chi connectivity index (χ4v) is 11.3. The number of aromatic nitrogens is 4. The molecule has 0 spiro atoms. The van der Waals surface area contributed by atoms with Crippen LogP contribution in [-0.2, 0) is 0 Å². The molecule has 8 heteroatoms. The van der Waals surface area contributed by atoms with Crippen molar-refractivity contribution in [2.45, 2.75) is 9.79 Å². The van der Waals surface area contributed by atoms with Gasteiger partial charge in [-0.2, -0.15) is 0 Å². The van der Waals surface area contributed by atoms with Gasteiger partial charge in [0.2, 0.25) is 0 Å². The molecule has 358 valence electrons. The zero-order valence-electron chi connectivity index (χ0n) is 40.9. The van der Waals surface area contributed by atoms with E-state index >= 15 is 0 Å². The minimum absolute atomic E-state index is 0.645. The molecule has 0 amide bonds. The lowest BCUT2D eigenvalue weighted by Gasteiger charge is -2.34. The smallest absolute Gasteiger partial charge is 0.160 e.